The first kappa shape index (κ1) is 14.9. The van der Waals surface area contributed by atoms with Crippen molar-refractivity contribution in [3.63, 3.8) is 0 Å². The van der Waals surface area contributed by atoms with Gasteiger partial charge in [-0.1, -0.05) is 12.1 Å². The molecule has 2 atom stereocenters. The van der Waals surface area contributed by atoms with Crippen molar-refractivity contribution in [3.05, 3.63) is 29.8 Å². The van der Waals surface area contributed by atoms with Crippen LogP contribution in [0.4, 0.5) is 0 Å². The van der Waals surface area contributed by atoms with Gasteiger partial charge in [-0.25, -0.2) is 0 Å². The van der Waals surface area contributed by atoms with E-state index >= 15 is 0 Å². The second-order valence-corrected chi connectivity index (χ2v) is 5.48. The minimum atomic E-state index is 0.00847. The molecule has 0 radical (unpaired) electrons. The van der Waals surface area contributed by atoms with E-state index in [1.807, 2.05) is 31.2 Å². The molecular formula is C16H24N2O2. The lowest BCUT2D eigenvalue weighted by Gasteiger charge is -2.23. The third kappa shape index (κ3) is 4.23. The fraction of sp³-hybridized carbons (Fsp3) is 0.562. The van der Waals surface area contributed by atoms with Crippen molar-refractivity contribution in [1.82, 2.24) is 10.6 Å². The van der Waals surface area contributed by atoms with Crippen molar-refractivity contribution < 1.29 is 9.53 Å². The smallest absolute Gasteiger partial charge is 0.220 e. The lowest BCUT2D eigenvalue weighted by Crippen LogP contribution is -2.35. The van der Waals surface area contributed by atoms with Crippen LogP contribution in [-0.2, 0) is 4.79 Å². The number of carbonyl (C=O) groups excluding carboxylic acids is 1. The number of hydrogen-bond donors (Lipinski definition) is 2. The lowest BCUT2D eigenvalue weighted by atomic mass is 9.95. The molecule has 0 bridgehead atoms. The fourth-order valence-electron chi connectivity index (χ4n) is 2.66. The molecule has 2 rings (SSSR count). The second-order valence-electron chi connectivity index (χ2n) is 5.48. The molecule has 1 aromatic carbocycles. The summed E-state index contributed by atoms with van der Waals surface area (Å²) in [7, 11) is 1.65. The summed E-state index contributed by atoms with van der Waals surface area (Å²) >= 11 is 0. The highest BCUT2D eigenvalue weighted by atomic mass is 16.5. The van der Waals surface area contributed by atoms with Crippen LogP contribution in [-0.4, -0.2) is 26.1 Å². The van der Waals surface area contributed by atoms with Crippen molar-refractivity contribution in [1.29, 1.82) is 0 Å². The van der Waals surface area contributed by atoms with Crippen LogP contribution in [0.25, 0.3) is 0 Å². The highest BCUT2D eigenvalue weighted by molar-refractivity contribution is 5.76. The Bertz CT molecular complexity index is 442. The lowest BCUT2D eigenvalue weighted by molar-refractivity contribution is -0.122. The average molecular weight is 276 g/mol. The number of hydrogen-bond acceptors (Lipinski definition) is 3. The molecule has 1 saturated heterocycles. The van der Waals surface area contributed by atoms with E-state index in [0.29, 0.717) is 12.3 Å². The number of benzene rings is 1. The van der Waals surface area contributed by atoms with Gasteiger partial charge in [0, 0.05) is 6.42 Å². The molecule has 20 heavy (non-hydrogen) atoms. The monoisotopic (exact) mass is 276 g/mol. The normalized spacial score (nSPS) is 20.2. The second kappa shape index (κ2) is 7.29. The molecule has 0 spiro atoms. The number of ether oxygens (including phenoxy) is 1. The summed E-state index contributed by atoms with van der Waals surface area (Å²) in [4.78, 5) is 12.1. The van der Waals surface area contributed by atoms with Crippen LogP contribution in [0.5, 0.6) is 5.75 Å². The van der Waals surface area contributed by atoms with E-state index in [0.717, 1.165) is 30.8 Å². The van der Waals surface area contributed by atoms with Crippen LogP contribution >= 0.6 is 0 Å². The highest BCUT2D eigenvalue weighted by Crippen LogP contribution is 2.20. The molecule has 1 aromatic rings. The number of piperidine rings is 1. The molecule has 1 aliphatic heterocycles. The molecule has 1 heterocycles. The first-order valence-electron chi connectivity index (χ1n) is 7.33. The Kier molecular flexibility index (Phi) is 5.41. The minimum Gasteiger partial charge on any atom is -0.497 e. The first-order chi connectivity index (χ1) is 9.69. The van der Waals surface area contributed by atoms with E-state index in [9.17, 15) is 4.79 Å². The summed E-state index contributed by atoms with van der Waals surface area (Å²) in [6.45, 7) is 4.05. The van der Waals surface area contributed by atoms with Crippen LogP contribution < -0.4 is 15.4 Å². The van der Waals surface area contributed by atoms with E-state index in [4.69, 9.17) is 4.74 Å². The number of nitrogens with one attached hydrogen (secondary N) is 2. The average Bonchev–Trinajstić information content (AvgIpc) is 2.48. The molecule has 1 fully saturated rings. The number of carbonyl (C=O) groups is 1. The Hall–Kier alpha value is -1.55. The van der Waals surface area contributed by atoms with Gasteiger partial charge in [-0.3, -0.25) is 4.79 Å². The largest absolute Gasteiger partial charge is 0.497 e. The predicted molar refractivity (Wildman–Crippen MR) is 79.8 cm³/mol. The van der Waals surface area contributed by atoms with Crippen LogP contribution in [0.1, 0.15) is 37.8 Å². The fourth-order valence-corrected chi connectivity index (χ4v) is 2.66. The molecule has 1 aliphatic rings. The summed E-state index contributed by atoms with van der Waals surface area (Å²) in [6, 6.07) is 7.84. The number of methoxy groups -OCH3 is 1. The van der Waals surface area contributed by atoms with Crippen molar-refractivity contribution in [3.8, 4) is 5.75 Å². The molecule has 110 valence electrons. The minimum absolute atomic E-state index is 0.00847. The molecule has 4 heteroatoms. The van der Waals surface area contributed by atoms with Crippen LogP contribution in [0.15, 0.2) is 24.3 Å². The Labute approximate surface area is 120 Å². The van der Waals surface area contributed by atoms with Crippen LogP contribution in [0.2, 0.25) is 0 Å². The molecular weight excluding hydrogens is 252 g/mol. The van der Waals surface area contributed by atoms with Crippen molar-refractivity contribution >= 4 is 5.91 Å². The highest BCUT2D eigenvalue weighted by Gasteiger charge is 2.18. The topological polar surface area (TPSA) is 50.4 Å². The van der Waals surface area contributed by atoms with Gasteiger partial charge in [0.1, 0.15) is 5.75 Å². The van der Waals surface area contributed by atoms with Gasteiger partial charge >= 0.3 is 0 Å². The van der Waals surface area contributed by atoms with Crippen LogP contribution in [0.3, 0.4) is 0 Å². The maximum atomic E-state index is 12.1. The Morgan fingerprint density at radius 1 is 1.55 bits per heavy atom. The summed E-state index contributed by atoms with van der Waals surface area (Å²) in [5.41, 5.74) is 1.07. The number of amides is 1. The van der Waals surface area contributed by atoms with Gasteiger partial charge in [-0.15, -0.1) is 0 Å². The standard InChI is InChI=1S/C16H24N2O2/c1-12(14-6-3-7-15(10-14)20-2)18-16(19)9-13-5-4-8-17-11-13/h3,6-7,10,12-13,17H,4-5,8-9,11H2,1-2H3,(H,18,19)/t12-,13?/m0/s1. The predicted octanol–water partition coefficient (Wildman–Crippen LogP) is 2.26. The summed E-state index contributed by atoms with van der Waals surface area (Å²) in [5, 5.41) is 6.42. The van der Waals surface area contributed by atoms with Gasteiger partial charge in [-0.2, -0.15) is 0 Å². The summed E-state index contributed by atoms with van der Waals surface area (Å²) < 4.78 is 5.21. The van der Waals surface area contributed by atoms with Crippen molar-refractivity contribution in [2.45, 2.75) is 32.2 Å². The number of rotatable bonds is 5. The van der Waals surface area contributed by atoms with Gasteiger partial charge in [-0.05, 0) is 56.5 Å². The third-order valence-corrected chi connectivity index (χ3v) is 3.84. The quantitative estimate of drug-likeness (QED) is 0.867. The van der Waals surface area contributed by atoms with E-state index in [1.165, 1.54) is 6.42 Å². The molecule has 1 amide bonds. The van der Waals surface area contributed by atoms with Gasteiger partial charge in [0.25, 0.3) is 0 Å². The Morgan fingerprint density at radius 2 is 2.40 bits per heavy atom. The third-order valence-electron chi connectivity index (χ3n) is 3.84. The molecule has 2 N–H and O–H groups in total. The van der Waals surface area contributed by atoms with Gasteiger partial charge in [0.15, 0.2) is 0 Å². The van der Waals surface area contributed by atoms with Crippen molar-refractivity contribution in [2.24, 2.45) is 5.92 Å². The van der Waals surface area contributed by atoms with Crippen LogP contribution in [0, 0.1) is 5.92 Å². The van der Waals surface area contributed by atoms with Gasteiger partial charge in [0.05, 0.1) is 13.2 Å². The maximum absolute atomic E-state index is 12.1. The first-order valence-corrected chi connectivity index (χ1v) is 7.33. The van der Waals surface area contributed by atoms with E-state index in [2.05, 4.69) is 10.6 Å². The van der Waals surface area contributed by atoms with Gasteiger partial charge < -0.3 is 15.4 Å². The van der Waals surface area contributed by atoms with Gasteiger partial charge in [0.2, 0.25) is 5.91 Å². The molecule has 0 aromatic heterocycles. The maximum Gasteiger partial charge on any atom is 0.220 e. The van der Waals surface area contributed by atoms with E-state index < -0.39 is 0 Å². The van der Waals surface area contributed by atoms with Crippen molar-refractivity contribution in [2.75, 3.05) is 20.2 Å². The SMILES string of the molecule is COc1cccc([C@H](C)NC(=O)CC2CCCNC2)c1. The Morgan fingerprint density at radius 3 is 3.10 bits per heavy atom. The molecule has 0 saturated carbocycles. The zero-order valence-corrected chi connectivity index (χ0v) is 12.3. The Balaban J connectivity index is 1.86. The molecule has 0 aliphatic carbocycles. The van der Waals surface area contributed by atoms with E-state index in [-0.39, 0.29) is 11.9 Å². The zero-order chi connectivity index (χ0) is 14.4. The molecule has 4 nitrogen and oxygen atoms in total. The molecule has 1 unspecified atom stereocenters. The summed E-state index contributed by atoms with van der Waals surface area (Å²) in [6.07, 6.45) is 2.93. The zero-order valence-electron chi connectivity index (χ0n) is 12.3. The summed E-state index contributed by atoms with van der Waals surface area (Å²) in [5.74, 6) is 1.43. The van der Waals surface area contributed by atoms with E-state index in [1.54, 1.807) is 7.11 Å².